The second kappa shape index (κ2) is 4.35. The molecular formula is C10H12N2O2S. The van der Waals surface area contributed by atoms with Crippen LogP contribution < -0.4 is 20.1 Å². The Hall–Kier alpha value is -1.49. The van der Waals surface area contributed by atoms with Crippen LogP contribution in [0.4, 0.5) is 5.69 Å². The van der Waals surface area contributed by atoms with E-state index in [1.165, 1.54) is 0 Å². The molecule has 0 radical (unpaired) electrons. The summed E-state index contributed by atoms with van der Waals surface area (Å²) in [6.07, 6.45) is 0. The first-order valence-electron chi connectivity index (χ1n) is 4.68. The lowest BCUT2D eigenvalue weighted by Gasteiger charge is -2.19. The quantitative estimate of drug-likeness (QED) is 0.705. The summed E-state index contributed by atoms with van der Waals surface area (Å²) in [4.78, 5) is 0. The number of fused-ring (bicyclic) bond motifs is 1. The van der Waals surface area contributed by atoms with Crippen molar-refractivity contribution in [3.05, 3.63) is 18.2 Å². The molecule has 1 aliphatic rings. The Morgan fingerprint density at radius 1 is 1.27 bits per heavy atom. The van der Waals surface area contributed by atoms with Gasteiger partial charge in [0, 0.05) is 18.8 Å². The van der Waals surface area contributed by atoms with E-state index in [1.54, 1.807) is 7.05 Å². The smallest absolute Gasteiger partial charge is 0.170 e. The molecule has 2 N–H and O–H groups in total. The van der Waals surface area contributed by atoms with E-state index in [1.807, 2.05) is 18.2 Å². The van der Waals surface area contributed by atoms with Gasteiger partial charge in [0.05, 0.1) is 0 Å². The number of hydrogen-bond donors (Lipinski definition) is 2. The number of hydrogen-bond acceptors (Lipinski definition) is 3. The van der Waals surface area contributed by atoms with Crippen molar-refractivity contribution < 1.29 is 9.47 Å². The topological polar surface area (TPSA) is 42.5 Å². The largest absolute Gasteiger partial charge is 0.486 e. The van der Waals surface area contributed by atoms with Crippen molar-refractivity contribution in [3.63, 3.8) is 0 Å². The van der Waals surface area contributed by atoms with Gasteiger partial charge in [-0.2, -0.15) is 0 Å². The van der Waals surface area contributed by atoms with Crippen LogP contribution in [0.1, 0.15) is 0 Å². The molecule has 2 rings (SSSR count). The third kappa shape index (κ3) is 2.30. The minimum Gasteiger partial charge on any atom is -0.486 e. The van der Waals surface area contributed by atoms with E-state index in [-0.39, 0.29) is 0 Å². The first kappa shape index (κ1) is 10.0. The van der Waals surface area contributed by atoms with Gasteiger partial charge in [0.1, 0.15) is 13.2 Å². The summed E-state index contributed by atoms with van der Waals surface area (Å²) in [6, 6.07) is 5.64. The number of benzene rings is 1. The van der Waals surface area contributed by atoms with Crippen molar-refractivity contribution in [2.75, 3.05) is 25.6 Å². The first-order valence-corrected chi connectivity index (χ1v) is 5.09. The van der Waals surface area contributed by atoms with Gasteiger partial charge in [-0.25, -0.2) is 0 Å². The summed E-state index contributed by atoms with van der Waals surface area (Å²) in [5.41, 5.74) is 0.888. The fraction of sp³-hybridized carbons (Fsp3) is 0.300. The summed E-state index contributed by atoms with van der Waals surface area (Å²) >= 11 is 5.00. The average Bonchev–Trinajstić information content (AvgIpc) is 2.29. The molecule has 15 heavy (non-hydrogen) atoms. The molecule has 1 aromatic carbocycles. The minimum atomic E-state index is 0.576. The third-order valence-corrected chi connectivity index (χ3v) is 2.33. The predicted octanol–water partition coefficient (Wildman–Crippen LogP) is 1.37. The molecule has 0 aliphatic carbocycles. The molecule has 1 aromatic rings. The lowest BCUT2D eigenvalue weighted by atomic mass is 10.2. The van der Waals surface area contributed by atoms with Gasteiger partial charge in [-0.05, 0) is 24.4 Å². The van der Waals surface area contributed by atoms with Crippen LogP contribution in [0.15, 0.2) is 18.2 Å². The fourth-order valence-electron chi connectivity index (χ4n) is 1.31. The zero-order valence-electron chi connectivity index (χ0n) is 8.37. The zero-order valence-corrected chi connectivity index (χ0v) is 9.19. The highest BCUT2D eigenvalue weighted by atomic mass is 32.1. The van der Waals surface area contributed by atoms with Crippen molar-refractivity contribution in [1.82, 2.24) is 5.32 Å². The van der Waals surface area contributed by atoms with Crippen molar-refractivity contribution in [2.45, 2.75) is 0 Å². The monoisotopic (exact) mass is 224 g/mol. The second-order valence-electron chi connectivity index (χ2n) is 3.06. The number of thiocarbonyl (C=S) groups is 1. The van der Waals surface area contributed by atoms with Crippen molar-refractivity contribution in [2.24, 2.45) is 0 Å². The van der Waals surface area contributed by atoms with Crippen LogP contribution in [0, 0.1) is 0 Å². The van der Waals surface area contributed by atoms with E-state index in [0.717, 1.165) is 17.2 Å². The molecule has 0 saturated heterocycles. The SMILES string of the molecule is CNC(=S)Nc1ccc2c(c1)OCCO2. The summed E-state index contributed by atoms with van der Waals surface area (Å²) in [6.45, 7) is 1.20. The van der Waals surface area contributed by atoms with Crippen LogP contribution in [0.3, 0.4) is 0 Å². The van der Waals surface area contributed by atoms with Gasteiger partial charge in [0.2, 0.25) is 0 Å². The lowest BCUT2D eigenvalue weighted by Crippen LogP contribution is -2.24. The van der Waals surface area contributed by atoms with Gasteiger partial charge >= 0.3 is 0 Å². The van der Waals surface area contributed by atoms with Gasteiger partial charge in [0.25, 0.3) is 0 Å². The summed E-state index contributed by atoms with van der Waals surface area (Å²) in [7, 11) is 1.77. The highest BCUT2D eigenvalue weighted by Gasteiger charge is 2.11. The number of nitrogens with one attached hydrogen (secondary N) is 2. The normalized spacial score (nSPS) is 13.1. The maximum Gasteiger partial charge on any atom is 0.170 e. The van der Waals surface area contributed by atoms with Crippen molar-refractivity contribution in [1.29, 1.82) is 0 Å². The highest BCUT2D eigenvalue weighted by molar-refractivity contribution is 7.80. The molecular weight excluding hydrogens is 212 g/mol. The Bertz CT molecular complexity index is 382. The summed E-state index contributed by atoms with van der Waals surface area (Å²) in [5, 5.41) is 6.44. The van der Waals surface area contributed by atoms with Crippen LogP contribution in [-0.4, -0.2) is 25.4 Å². The van der Waals surface area contributed by atoms with Gasteiger partial charge in [0.15, 0.2) is 16.6 Å². The van der Waals surface area contributed by atoms with E-state index >= 15 is 0 Å². The summed E-state index contributed by atoms with van der Waals surface area (Å²) < 4.78 is 10.9. The minimum absolute atomic E-state index is 0.576. The zero-order chi connectivity index (χ0) is 10.7. The molecule has 0 bridgehead atoms. The maximum absolute atomic E-state index is 5.45. The maximum atomic E-state index is 5.45. The lowest BCUT2D eigenvalue weighted by molar-refractivity contribution is 0.171. The van der Waals surface area contributed by atoms with Crippen LogP contribution in [0.25, 0.3) is 0 Å². The molecule has 1 aliphatic heterocycles. The fourth-order valence-corrected chi connectivity index (χ4v) is 1.43. The Balaban J connectivity index is 2.17. The van der Waals surface area contributed by atoms with Crippen molar-refractivity contribution in [3.8, 4) is 11.5 Å². The number of anilines is 1. The molecule has 0 spiro atoms. The third-order valence-electron chi connectivity index (χ3n) is 2.03. The highest BCUT2D eigenvalue weighted by Crippen LogP contribution is 2.32. The van der Waals surface area contributed by atoms with E-state index in [4.69, 9.17) is 21.7 Å². The number of rotatable bonds is 1. The molecule has 5 heteroatoms. The molecule has 1 heterocycles. The van der Waals surface area contributed by atoms with E-state index in [9.17, 15) is 0 Å². The van der Waals surface area contributed by atoms with E-state index in [0.29, 0.717) is 18.3 Å². The first-order chi connectivity index (χ1) is 7.29. The molecule has 0 unspecified atom stereocenters. The molecule has 80 valence electrons. The van der Waals surface area contributed by atoms with Crippen LogP contribution in [-0.2, 0) is 0 Å². The molecule has 0 fully saturated rings. The molecule has 0 aromatic heterocycles. The van der Waals surface area contributed by atoms with E-state index < -0.39 is 0 Å². The van der Waals surface area contributed by atoms with Gasteiger partial charge < -0.3 is 20.1 Å². The van der Waals surface area contributed by atoms with Crippen LogP contribution in [0.2, 0.25) is 0 Å². The molecule has 4 nitrogen and oxygen atoms in total. The molecule has 0 amide bonds. The van der Waals surface area contributed by atoms with Gasteiger partial charge in [-0.15, -0.1) is 0 Å². The van der Waals surface area contributed by atoms with Gasteiger partial charge in [-0.3, -0.25) is 0 Å². The Kier molecular flexibility index (Phi) is 2.91. The van der Waals surface area contributed by atoms with Gasteiger partial charge in [-0.1, -0.05) is 0 Å². The molecule has 0 atom stereocenters. The standard InChI is InChI=1S/C10H12N2O2S/c1-11-10(15)12-7-2-3-8-9(6-7)14-5-4-13-8/h2-3,6H,4-5H2,1H3,(H2,11,12,15). The average molecular weight is 224 g/mol. The Morgan fingerprint density at radius 3 is 2.73 bits per heavy atom. The summed E-state index contributed by atoms with van der Waals surface area (Å²) in [5.74, 6) is 1.53. The predicted molar refractivity (Wildman–Crippen MR) is 62.7 cm³/mol. The molecule has 0 saturated carbocycles. The van der Waals surface area contributed by atoms with Crippen molar-refractivity contribution >= 4 is 23.0 Å². The Labute approximate surface area is 93.6 Å². The number of ether oxygens (including phenoxy) is 2. The van der Waals surface area contributed by atoms with Crippen LogP contribution in [0.5, 0.6) is 11.5 Å². The Morgan fingerprint density at radius 2 is 2.00 bits per heavy atom. The second-order valence-corrected chi connectivity index (χ2v) is 3.47. The van der Waals surface area contributed by atoms with E-state index in [2.05, 4.69) is 10.6 Å². The van der Waals surface area contributed by atoms with Crippen LogP contribution >= 0.6 is 12.2 Å².